The van der Waals surface area contributed by atoms with Gasteiger partial charge >= 0.3 is 0 Å². The highest BCUT2D eigenvalue weighted by molar-refractivity contribution is 6.17. The smallest absolute Gasteiger partial charge is 0.123 e. The van der Waals surface area contributed by atoms with E-state index in [9.17, 15) is 4.39 Å². The highest BCUT2D eigenvalue weighted by atomic mass is 35.5. The molecule has 0 N–H and O–H groups in total. The van der Waals surface area contributed by atoms with Crippen molar-refractivity contribution in [1.29, 1.82) is 0 Å². The quantitative estimate of drug-likeness (QED) is 0.724. The van der Waals surface area contributed by atoms with Crippen molar-refractivity contribution in [2.24, 2.45) is 0 Å². The van der Waals surface area contributed by atoms with Crippen molar-refractivity contribution in [3.63, 3.8) is 0 Å². The molecule has 2 nitrogen and oxygen atoms in total. The Hall–Kier alpha value is -0.800. The van der Waals surface area contributed by atoms with Gasteiger partial charge in [-0.05, 0) is 50.8 Å². The second-order valence-corrected chi connectivity index (χ2v) is 4.75. The zero-order valence-electron chi connectivity index (χ0n) is 10.7. The maximum atomic E-state index is 13.1. The molecular formula is C13H20ClFN2. The fraction of sp³-hybridized carbons (Fsp3) is 0.538. The predicted molar refractivity (Wildman–Crippen MR) is 72.4 cm³/mol. The molecule has 0 spiro atoms. The zero-order valence-corrected chi connectivity index (χ0v) is 11.5. The van der Waals surface area contributed by atoms with Gasteiger partial charge in [0.25, 0.3) is 0 Å². The van der Waals surface area contributed by atoms with Crippen molar-refractivity contribution in [2.45, 2.75) is 12.3 Å². The van der Waals surface area contributed by atoms with Crippen LogP contribution in [-0.2, 0) is 5.88 Å². The average molecular weight is 259 g/mol. The molecule has 4 heteroatoms. The van der Waals surface area contributed by atoms with E-state index >= 15 is 0 Å². The van der Waals surface area contributed by atoms with Crippen LogP contribution >= 0.6 is 11.6 Å². The Labute approximate surface area is 108 Å². The predicted octanol–water partition coefficient (Wildman–Crippen LogP) is 2.95. The van der Waals surface area contributed by atoms with Crippen molar-refractivity contribution in [2.75, 3.05) is 39.1 Å². The number of anilines is 1. The van der Waals surface area contributed by atoms with Crippen LogP contribution in [0.4, 0.5) is 10.1 Å². The van der Waals surface area contributed by atoms with Crippen molar-refractivity contribution in [1.82, 2.24) is 4.90 Å². The first-order valence-corrected chi connectivity index (χ1v) is 6.28. The molecule has 0 atom stereocenters. The second-order valence-electron chi connectivity index (χ2n) is 4.49. The van der Waals surface area contributed by atoms with E-state index in [4.69, 9.17) is 11.6 Å². The summed E-state index contributed by atoms with van der Waals surface area (Å²) < 4.78 is 13.1. The van der Waals surface area contributed by atoms with Crippen LogP contribution in [0.2, 0.25) is 0 Å². The molecule has 0 saturated carbocycles. The minimum Gasteiger partial charge on any atom is -0.374 e. The van der Waals surface area contributed by atoms with Crippen molar-refractivity contribution in [3.05, 3.63) is 29.6 Å². The van der Waals surface area contributed by atoms with Crippen LogP contribution < -0.4 is 4.90 Å². The molecule has 0 aliphatic rings. The molecule has 0 amide bonds. The third-order valence-electron chi connectivity index (χ3n) is 2.70. The molecule has 0 radical (unpaired) electrons. The van der Waals surface area contributed by atoms with Gasteiger partial charge in [0.15, 0.2) is 0 Å². The Bertz CT molecular complexity index is 355. The summed E-state index contributed by atoms with van der Waals surface area (Å²) in [7, 11) is 6.13. The van der Waals surface area contributed by atoms with Crippen LogP contribution in [0.15, 0.2) is 18.2 Å². The van der Waals surface area contributed by atoms with E-state index in [0.717, 1.165) is 30.8 Å². The van der Waals surface area contributed by atoms with E-state index in [0.29, 0.717) is 5.88 Å². The second kappa shape index (κ2) is 6.82. The Balaban J connectivity index is 2.64. The van der Waals surface area contributed by atoms with E-state index in [-0.39, 0.29) is 5.82 Å². The Morgan fingerprint density at radius 2 is 1.88 bits per heavy atom. The van der Waals surface area contributed by atoms with E-state index in [1.807, 2.05) is 7.05 Å². The molecule has 0 aliphatic heterocycles. The summed E-state index contributed by atoms with van der Waals surface area (Å²) in [6.45, 7) is 1.98. The monoisotopic (exact) mass is 258 g/mol. The van der Waals surface area contributed by atoms with Gasteiger partial charge in [-0.2, -0.15) is 0 Å². The fourth-order valence-electron chi connectivity index (χ4n) is 1.78. The van der Waals surface area contributed by atoms with E-state index in [2.05, 4.69) is 23.9 Å². The molecular weight excluding hydrogens is 239 g/mol. The SMILES string of the molecule is CN(C)CCCN(C)c1ccc(F)cc1CCl. The molecule has 17 heavy (non-hydrogen) atoms. The van der Waals surface area contributed by atoms with Gasteiger partial charge in [-0.25, -0.2) is 4.39 Å². The molecule has 0 saturated heterocycles. The minimum absolute atomic E-state index is 0.230. The first kappa shape index (κ1) is 14.3. The lowest BCUT2D eigenvalue weighted by molar-refractivity contribution is 0.401. The number of alkyl halides is 1. The highest BCUT2D eigenvalue weighted by Gasteiger charge is 2.07. The van der Waals surface area contributed by atoms with Gasteiger partial charge in [-0.3, -0.25) is 0 Å². The average Bonchev–Trinajstić information content (AvgIpc) is 2.28. The lowest BCUT2D eigenvalue weighted by atomic mass is 10.1. The highest BCUT2D eigenvalue weighted by Crippen LogP contribution is 2.22. The summed E-state index contributed by atoms with van der Waals surface area (Å²) in [5, 5.41) is 0. The number of rotatable bonds is 6. The van der Waals surface area contributed by atoms with Crippen LogP contribution in [0.5, 0.6) is 0 Å². The van der Waals surface area contributed by atoms with Crippen LogP contribution in [-0.4, -0.2) is 39.1 Å². The van der Waals surface area contributed by atoms with Crippen LogP contribution in [0.1, 0.15) is 12.0 Å². The molecule has 0 bridgehead atoms. The number of halogens is 2. The molecule has 1 aromatic rings. The number of benzene rings is 1. The summed E-state index contributed by atoms with van der Waals surface area (Å²) in [5.74, 6) is 0.108. The summed E-state index contributed by atoms with van der Waals surface area (Å²) in [6.07, 6.45) is 1.07. The summed E-state index contributed by atoms with van der Waals surface area (Å²) >= 11 is 5.83. The number of nitrogens with zero attached hydrogens (tertiary/aromatic N) is 2. The summed E-state index contributed by atoms with van der Waals surface area (Å²) in [5.41, 5.74) is 1.86. The minimum atomic E-state index is -0.230. The van der Waals surface area contributed by atoms with Crippen molar-refractivity contribution in [3.8, 4) is 0 Å². The van der Waals surface area contributed by atoms with Gasteiger partial charge in [0.1, 0.15) is 5.82 Å². The van der Waals surface area contributed by atoms with Gasteiger partial charge in [0.05, 0.1) is 0 Å². The maximum Gasteiger partial charge on any atom is 0.123 e. The normalized spacial score (nSPS) is 10.9. The van der Waals surface area contributed by atoms with Gasteiger partial charge < -0.3 is 9.80 Å². The fourth-order valence-corrected chi connectivity index (χ4v) is 1.99. The largest absolute Gasteiger partial charge is 0.374 e. The first-order valence-electron chi connectivity index (χ1n) is 5.75. The molecule has 0 aliphatic carbocycles. The van der Waals surface area contributed by atoms with Gasteiger partial charge in [-0.1, -0.05) is 0 Å². The standard InChI is InChI=1S/C13H20ClFN2/c1-16(2)7-4-8-17(3)13-6-5-12(15)9-11(13)10-14/h5-6,9H,4,7-8,10H2,1-3H3. The van der Waals surface area contributed by atoms with E-state index in [1.54, 1.807) is 6.07 Å². The maximum absolute atomic E-state index is 13.1. The molecule has 0 unspecified atom stereocenters. The van der Waals surface area contributed by atoms with Crippen LogP contribution in [0.3, 0.4) is 0 Å². The number of hydrogen-bond acceptors (Lipinski definition) is 2. The van der Waals surface area contributed by atoms with E-state index in [1.165, 1.54) is 12.1 Å². The van der Waals surface area contributed by atoms with E-state index < -0.39 is 0 Å². The Morgan fingerprint density at radius 1 is 1.18 bits per heavy atom. The zero-order chi connectivity index (χ0) is 12.8. The van der Waals surface area contributed by atoms with Gasteiger partial charge in [-0.15, -0.1) is 11.6 Å². The molecule has 0 fully saturated rings. The molecule has 1 aromatic carbocycles. The third-order valence-corrected chi connectivity index (χ3v) is 2.98. The molecule has 0 heterocycles. The molecule has 1 rings (SSSR count). The van der Waals surface area contributed by atoms with Crippen LogP contribution in [0.25, 0.3) is 0 Å². The molecule has 96 valence electrons. The first-order chi connectivity index (χ1) is 8.04. The number of hydrogen-bond donors (Lipinski definition) is 0. The lowest BCUT2D eigenvalue weighted by Gasteiger charge is -2.22. The van der Waals surface area contributed by atoms with Crippen molar-refractivity contribution >= 4 is 17.3 Å². The summed E-state index contributed by atoms with van der Waals surface area (Å²) in [6, 6.07) is 4.78. The summed E-state index contributed by atoms with van der Waals surface area (Å²) in [4.78, 5) is 4.28. The van der Waals surface area contributed by atoms with Gasteiger partial charge in [0.2, 0.25) is 0 Å². The van der Waals surface area contributed by atoms with Crippen LogP contribution in [0, 0.1) is 5.82 Å². The Morgan fingerprint density at radius 3 is 2.47 bits per heavy atom. The molecule has 0 aromatic heterocycles. The third kappa shape index (κ3) is 4.52. The van der Waals surface area contributed by atoms with Crippen molar-refractivity contribution < 1.29 is 4.39 Å². The van der Waals surface area contributed by atoms with Gasteiger partial charge in [0, 0.05) is 25.2 Å². The topological polar surface area (TPSA) is 6.48 Å². The lowest BCUT2D eigenvalue weighted by Crippen LogP contribution is -2.24. The Kier molecular flexibility index (Phi) is 5.72.